The van der Waals surface area contributed by atoms with Crippen molar-refractivity contribution in [3.63, 3.8) is 0 Å². The molecule has 0 amide bonds. The highest BCUT2D eigenvalue weighted by Crippen LogP contribution is 2.23. The number of anilines is 3. The fraction of sp³-hybridized carbons (Fsp3) is 0.333. The molecule has 4 nitrogen and oxygen atoms in total. The van der Waals surface area contributed by atoms with Gasteiger partial charge in [-0.3, -0.25) is 0 Å². The minimum Gasteiger partial charge on any atom is -0.373 e. The average Bonchev–Trinajstić information content (AvgIpc) is 2.47. The first kappa shape index (κ1) is 14.7. The molecular formula is C15H20N4S. The minimum atomic E-state index is 0.293. The van der Waals surface area contributed by atoms with Gasteiger partial charge in [-0.1, -0.05) is 19.9 Å². The van der Waals surface area contributed by atoms with E-state index in [1.54, 1.807) is 11.8 Å². The van der Waals surface area contributed by atoms with Crippen LogP contribution in [0.1, 0.15) is 25.6 Å². The number of nitrogens with zero attached hydrogens (tertiary/aromatic N) is 2. The largest absolute Gasteiger partial charge is 0.373 e. The van der Waals surface area contributed by atoms with Gasteiger partial charge in [-0.15, -0.1) is 11.8 Å². The van der Waals surface area contributed by atoms with Crippen molar-refractivity contribution in [3.8, 4) is 0 Å². The first-order valence-electron chi connectivity index (χ1n) is 6.60. The monoisotopic (exact) mass is 288 g/mol. The van der Waals surface area contributed by atoms with Crippen LogP contribution in [0.4, 0.5) is 17.3 Å². The zero-order valence-electron chi connectivity index (χ0n) is 12.3. The molecule has 0 spiro atoms. The molecule has 2 rings (SSSR count). The average molecular weight is 288 g/mol. The first-order chi connectivity index (χ1) is 9.62. The zero-order chi connectivity index (χ0) is 14.5. The van der Waals surface area contributed by atoms with Crippen LogP contribution >= 0.6 is 11.8 Å². The predicted molar refractivity (Wildman–Crippen MR) is 87.2 cm³/mol. The Kier molecular flexibility index (Phi) is 4.84. The third kappa shape index (κ3) is 3.63. The number of thioether (sulfide) groups is 1. The zero-order valence-corrected chi connectivity index (χ0v) is 13.1. The second kappa shape index (κ2) is 6.61. The highest BCUT2D eigenvalue weighted by Gasteiger charge is 2.07. The van der Waals surface area contributed by atoms with Crippen LogP contribution in [0.15, 0.2) is 35.2 Å². The summed E-state index contributed by atoms with van der Waals surface area (Å²) in [6, 6.07) is 10.2. The van der Waals surface area contributed by atoms with Crippen LogP contribution in [0.5, 0.6) is 0 Å². The first-order valence-corrected chi connectivity index (χ1v) is 7.82. The molecule has 2 aromatic rings. The highest BCUT2D eigenvalue weighted by atomic mass is 32.2. The Hall–Kier alpha value is -1.75. The van der Waals surface area contributed by atoms with Gasteiger partial charge >= 0.3 is 0 Å². The number of aromatic nitrogens is 2. The van der Waals surface area contributed by atoms with E-state index in [0.29, 0.717) is 5.92 Å². The molecule has 1 aromatic heterocycles. The van der Waals surface area contributed by atoms with E-state index in [0.717, 1.165) is 23.1 Å². The molecule has 0 saturated heterocycles. The standard InChI is InChI=1S/C15H20N4S/c1-10(2)15-18-13(16-3)9-14(19-15)17-11-6-5-7-12(8-11)20-4/h5-10H,1-4H3,(H2,16,17,18,19). The van der Waals surface area contributed by atoms with Crippen LogP contribution in [0.3, 0.4) is 0 Å². The van der Waals surface area contributed by atoms with Crippen molar-refractivity contribution in [2.24, 2.45) is 0 Å². The summed E-state index contributed by atoms with van der Waals surface area (Å²) in [6.07, 6.45) is 2.07. The number of rotatable bonds is 5. The van der Waals surface area contributed by atoms with Crippen LogP contribution in [0.25, 0.3) is 0 Å². The maximum Gasteiger partial charge on any atom is 0.136 e. The van der Waals surface area contributed by atoms with Crippen molar-refractivity contribution in [2.75, 3.05) is 23.9 Å². The number of hydrogen-bond acceptors (Lipinski definition) is 5. The van der Waals surface area contributed by atoms with Gasteiger partial charge in [0, 0.05) is 29.6 Å². The molecule has 0 unspecified atom stereocenters. The minimum absolute atomic E-state index is 0.293. The van der Waals surface area contributed by atoms with E-state index in [9.17, 15) is 0 Å². The number of benzene rings is 1. The molecule has 106 valence electrons. The summed E-state index contributed by atoms with van der Waals surface area (Å²) in [4.78, 5) is 10.2. The second-order valence-corrected chi connectivity index (χ2v) is 5.64. The van der Waals surface area contributed by atoms with Crippen molar-refractivity contribution < 1.29 is 0 Å². The molecule has 0 bridgehead atoms. The fourth-order valence-electron chi connectivity index (χ4n) is 1.76. The van der Waals surface area contributed by atoms with E-state index < -0.39 is 0 Å². The van der Waals surface area contributed by atoms with Crippen LogP contribution in [0, 0.1) is 0 Å². The van der Waals surface area contributed by atoms with Crippen molar-refractivity contribution in [2.45, 2.75) is 24.7 Å². The Morgan fingerprint density at radius 3 is 2.50 bits per heavy atom. The van der Waals surface area contributed by atoms with Gasteiger partial charge in [0.1, 0.15) is 17.5 Å². The van der Waals surface area contributed by atoms with Crippen LogP contribution in [0.2, 0.25) is 0 Å². The molecule has 0 aliphatic heterocycles. The third-order valence-corrected chi connectivity index (χ3v) is 3.58. The van der Waals surface area contributed by atoms with Crippen molar-refractivity contribution in [1.29, 1.82) is 0 Å². The lowest BCUT2D eigenvalue weighted by molar-refractivity contribution is 0.778. The van der Waals surface area contributed by atoms with E-state index in [1.165, 1.54) is 4.90 Å². The lowest BCUT2D eigenvalue weighted by Gasteiger charge is -2.12. The van der Waals surface area contributed by atoms with Gasteiger partial charge in [-0.2, -0.15) is 0 Å². The van der Waals surface area contributed by atoms with Crippen LogP contribution in [-0.4, -0.2) is 23.3 Å². The highest BCUT2D eigenvalue weighted by molar-refractivity contribution is 7.98. The molecule has 0 saturated carbocycles. The molecule has 1 aromatic carbocycles. The number of nitrogens with one attached hydrogen (secondary N) is 2. The molecule has 5 heteroatoms. The lowest BCUT2D eigenvalue weighted by atomic mass is 10.2. The normalized spacial score (nSPS) is 10.7. The van der Waals surface area contributed by atoms with Crippen molar-refractivity contribution >= 4 is 29.1 Å². The molecule has 0 atom stereocenters. The maximum atomic E-state index is 4.56. The molecule has 0 radical (unpaired) electrons. The predicted octanol–water partition coefficient (Wildman–Crippen LogP) is 4.11. The van der Waals surface area contributed by atoms with Gasteiger partial charge in [-0.25, -0.2) is 9.97 Å². The molecule has 2 N–H and O–H groups in total. The Balaban J connectivity index is 2.29. The summed E-state index contributed by atoms with van der Waals surface area (Å²) < 4.78 is 0. The molecule has 1 heterocycles. The van der Waals surface area contributed by atoms with E-state index in [-0.39, 0.29) is 0 Å². The van der Waals surface area contributed by atoms with Gasteiger partial charge in [-0.05, 0) is 24.5 Å². The van der Waals surface area contributed by atoms with E-state index >= 15 is 0 Å². The Labute approximate surface area is 124 Å². The third-order valence-electron chi connectivity index (χ3n) is 2.86. The quantitative estimate of drug-likeness (QED) is 0.811. The molecule has 20 heavy (non-hydrogen) atoms. The molecular weight excluding hydrogens is 268 g/mol. The van der Waals surface area contributed by atoms with Crippen molar-refractivity contribution in [3.05, 3.63) is 36.2 Å². The van der Waals surface area contributed by atoms with Gasteiger partial charge < -0.3 is 10.6 Å². The summed E-state index contributed by atoms with van der Waals surface area (Å²) in [5, 5.41) is 6.42. The summed E-state index contributed by atoms with van der Waals surface area (Å²) >= 11 is 1.72. The summed E-state index contributed by atoms with van der Waals surface area (Å²) in [5.41, 5.74) is 1.03. The van der Waals surface area contributed by atoms with Crippen molar-refractivity contribution in [1.82, 2.24) is 9.97 Å². The number of hydrogen-bond donors (Lipinski definition) is 2. The SMILES string of the molecule is CNc1cc(Nc2cccc(SC)c2)nc(C(C)C)n1. The van der Waals surface area contributed by atoms with E-state index in [2.05, 4.69) is 52.8 Å². The Morgan fingerprint density at radius 1 is 1.10 bits per heavy atom. The van der Waals surface area contributed by atoms with Crippen LogP contribution < -0.4 is 10.6 Å². The van der Waals surface area contributed by atoms with E-state index in [1.807, 2.05) is 25.2 Å². The maximum absolute atomic E-state index is 4.56. The van der Waals surface area contributed by atoms with Gasteiger partial charge in [0.2, 0.25) is 0 Å². The molecule has 0 aliphatic carbocycles. The Bertz CT molecular complexity index is 584. The summed E-state index contributed by atoms with van der Waals surface area (Å²) in [5.74, 6) is 2.76. The Morgan fingerprint density at radius 2 is 1.85 bits per heavy atom. The smallest absolute Gasteiger partial charge is 0.136 e. The lowest BCUT2D eigenvalue weighted by Crippen LogP contribution is -2.05. The molecule has 0 fully saturated rings. The summed E-state index contributed by atoms with van der Waals surface area (Å²) in [6.45, 7) is 4.18. The summed E-state index contributed by atoms with van der Waals surface area (Å²) in [7, 11) is 1.87. The van der Waals surface area contributed by atoms with E-state index in [4.69, 9.17) is 0 Å². The fourth-order valence-corrected chi connectivity index (χ4v) is 2.22. The topological polar surface area (TPSA) is 49.8 Å². The molecule has 0 aliphatic rings. The second-order valence-electron chi connectivity index (χ2n) is 4.76. The van der Waals surface area contributed by atoms with Gasteiger partial charge in [0.15, 0.2) is 0 Å². The van der Waals surface area contributed by atoms with Gasteiger partial charge in [0.25, 0.3) is 0 Å². The van der Waals surface area contributed by atoms with Crippen LogP contribution in [-0.2, 0) is 0 Å². The van der Waals surface area contributed by atoms with Gasteiger partial charge in [0.05, 0.1) is 0 Å².